The lowest BCUT2D eigenvalue weighted by Crippen LogP contribution is -2.13. The molecular weight excluding hydrogens is 389 g/mol. The summed E-state index contributed by atoms with van der Waals surface area (Å²) in [4.78, 5) is 11.5. The molecule has 0 atom stereocenters. The number of hydrogen-bond donors (Lipinski definition) is 1. The van der Waals surface area contributed by atoms with E-state index in [1.54, 1.807) is 12.1 Å². The average Bonchev–Trinajstić information content (AvgIpc) is 2.53. The maximum Gasteiger partial charge on any atom is 0.252 e. The highest BCUT2D eigenvalue weighted by Gasteiger charge is 2.10. The molecule has 0 unspecified atom stereocenters. The monoisotopic (exact) mass is 403 g/mol. The third-order valence-corrected chi connectivity index (χ3v) is 4.09. The van der Waals surface area contributed by atoms with E-state index in [4.69, 9.17) is 10.5 Å². The molecule has 0 spiro atoms. The second-order valence-corrected chi connectivity index (χ2v) is 6.22. The van der Waals surface area contributed by atoms with Crippen LogP contribution in [0, 0.1) is 3.57 Å². The molecule has 0 radical (unpaired) electrons. The number of carbonyl (C=O) groups excluding carboxylic acids is 1. The fourth-order valence-corrected chi connectivity index (χ4v) is 2.80. The molecule has 0 saturated heterocycles. The van der Waals surface area contributed by atoms with E-state index in [2.05, 4.69) is 46.9 Å². The minimum Gasteiger partial charge on any atom is -0.488 e. The number of benzene rings is 3. The molecule has 3 rings (SSSR count). The number of hydrogen-bond acceptors (Lipinski definition) is 2. The lowest BCUT2D eigenvalue weighted by Gasteiger charge is -2.10. The van der Waals surface area contributed by atoms with Crippen molar-refractivity contribution in [2.75, 3.05) is 0 Å². The summed E-state index contributed by atoms with van der Waals surface area (Å²) < 4.78 is 6.73. The second kappa shape index (κ2) is 6.36. The van der Waals surface area contributed by atoms with E-state index < -0.39 is 5.91 Å². The first-order valence-corrected chi connectivity index (χ1v) is 7.91. The molecule has 3 nitrogen and oxygen atoms in total. The van der Waals surface area contributed by atoms with E-state index >= 15 is 0 Å². The first kappa shape index (κ1) is 14.8. The number of carbonyl (C=O) groups is 1. The lowest BCUT2D eigenvalue weighted by atomic mass is 10.1. The SMILES string of the molecule is NC(=O)c1cc(I)ccc1OCc1ccc2ccccc2c1. The van der Waals surface area contributed by atoms with Crippen LogP contribution in [0.4, 0.5) is 0 Å². The normalized spacial score (nSPS) is 10.6. The van der Waals surface area contributed by atoms with Gasteiger partial charge in [0.2, 0.25) is 0 Å². The molecule has 2 N–H and O–H groups in total. The fraction of sp³-hybridized carbons (Fsp3) is 0.0556. The predicted octanol–water partition coefficient (Wildman–Crippen LogP) is 4.12. The zero-order chi connectivity index (χ0) is 15.5. The molecule has 0 saturated carbocycles. The molecule has 0 aliphatic rings. The van der Waals surface area contributed by atoms with E-state index in [0.29, 0.717) is 17.9 Å². The van der Waals surface area contributed by atoms with Crippen molar-refractivity contribution in [3.63, 3.8) is 0 Å². The Kier molecular flexibility index (Phi) is 4.29. The van der Waals surface area contributed by atoms with Crippen LogP contribution in [0.2, 0.25) is 0 Å². The summed E-state index contributed by atoms with van der Waals surface area (Å²) in [5, 5.41) is 2.36. The largest absolute Gasteiger partial charge is 0.488 e. The number of rotatable bonds is 4. The van der Waals surface area contributed by atoms with Crippen molar-refractivity contribution >= 4 is 39.3 Å². The van der Waals surface area contributed by atoms with Crippen LogP contribution in [0.3, 0.4) is 0 Å². The number of halogens is 1. The fourth-order valence-electron chi connectivity index (χ4n) is 2.31. The maximum absolute atomic E-state index is 11.5. The van der Waals surface area contributed by atoms with E-state index in [1.165, 1.54) is 10.8 Å². The van der Waals surface area contributed by atoms with Crippen LogP contribution >= 0.6 is 22.6 Å². The van der Waals surface area contributed by atoms with Gasteiger partial charge in [0.15, 0.2) is 0 Å². The van der Waals surface area contributed by atoms with Gasteiger partial charge in [0.05, 0.1) is 5.56 Å². The number of amides is 1. The maximum atomic E-state index is 11.5. The van der Waals surface area contributed by atoms with Gasteiger partial charge in [-0.1, -0.05) is 36.4 Å². The van der Waals surface area contributed by atoms with Gasteiger partial charge in [0, 0.05) is 3.57 Å². The number of nitrogens with two attached hydrogens (primary N) is 1. The minimum atomic E-state index is -0.480. The number of ether oxygens (including phenoxy) is 1. The second-order valence-electron chi connectivity index (χ2n) is 4.97. The van der Waals surface area contributed by atoms with Crippen molar-refractivity contribution in [3.05, 3.63) is 75.4 Å². The molecule has 4 heteroatoms. The van der Waals surface area contributed by atoms with Gasteiger partial charge in [0.25, 0.3) is 5.91 Å². The molecule has 0 aromatic heterocycles. The summed E-state index contributed by atoms with van der Waals surface area (Å²) in [5.41, 5.74) is 6.86. The van der Waals surface area contributed by atoms with Crippen LogP contribution in [-0.4, -0.2) is 5.91 Å². The topological polar surface area (TPSA) is 52.3 Å². The quantitative estimate of drug-likeness (QED) is 0.667. The summed E-state index contributed by atoms with van der Waals surface area (Å²) in [7, 11) is 0. The summed E-state index contributed by atoms with van der Waals surface area (Å²) >= 11 is 2.14. The van der Waals surface area contributed by atoms with Gasteiger partial charge in [-0.15, -0.1) is 0 Å². The molecule has 22 heavy (non-hydrogen) atoms. The smallest absolute Gasteiger partial charge is 0.252 e. The lowest BCUT2D eigenvalue weighted by molar-refractivity contribution is 0.0996. The molecule has 110 valence electrons. The van der Waals surface area contributed by atoms with E-state index in [9.17, 15) is 4.79 Å². The Hall–Kier alpha value is -2.08. The Bertz CT molecular complexity index is 845. The van der Waals surface area contributed by atoms with Crippen LogP contribution in [0.1, 0.15) is 15.9 Å². The molecule has 1 amide bonds. The van der Waals surface area contributed by atoms with Crippen molar-refractivity contribution < 1.29 is 9.53 Å². The summed E-state index contributed by atoms with van der Waals surface area (Å²) in [6.45, 7) is 0.395. The molecule has 0 bridgehead atoms. The van der Waals surface area contributed by atoms with Crippen molar-refractivity contribution in [1.82, 2.24) is 0 Å². The molecule has 0 aliphatic carbocycles. The molecule has 3 aromatic rings. The summed E-state index contributed by atoms with van der Waals surface area (Å²) in [5.74, 6) is 0.0353. The van der Waals surface area contributed by atoms with Gasteiger partial charge in [0.1, 0.15) is 12.4 Å². The number of primary amides is 1. The Morgan fingerprint density at radius 2 is 1.77 bits per heavy atom. The zero-order valence-corrected chi connectivity index (χ0v) is 13.9. The highest BCUT2D eigenvalue weighted by molar-refractivity contribution is 14.1. The molecule has 0 aliphatic heterocycles. The number of fused-ring (bicyclic) bond motifs is 1. The highest BCUT2D eigenvalue weighted by Crippen LogP contribution is 2.23. The molecule has 3 aromatic carbocycles. The van der Waals surface area contributed by atoms with E-state index in [-0.39, 0.29) is 0 Å². The average molecular weight is 403 g/mol. The van der Waals surface area contributed by atoms with Crippen molar-refractivity contribution in [3.8, 4) is 5.75 Å². The Morgan fingerprint density at radius 3 is 2.55 bits per heavy atom. The van der Waals surface area contributed by atoms with E-state index in [0.717, 1.165) is 9.13 Å². The van der Waals surface area contributed by atoms with Gasteiger partial charge in [-0.3, -0.25) is 4.79 Å². The van der Waals surface area contributed by atoms with Crippen molar-refractivity contribution in [1.29, 1.82) is 0 Å². The predicted molar refractivity (Wildman–Crippen MR) is 96.0 cm³/mol. The Balaban J connectivity index is 1.83. The summed E-state index contributed by atoms with van der Waals surface area (Å²) in [6, 6.07) is 19.8. The third kappa shape index (κ3) is 3.22. The minimum absolute atomic E-state index is 0.395. The van der Waals surface area contributed by atoms with Crippen molar-refractivity contribution in [2.24, 2.45) is 5.73 Å². The Morgan fingerprint density at radius 1 is 1.00 bits per heavy atom. The Labute approximate surface area is 142 Å². The van der Waals surface area contributed by atoms with Crippen LogP contribution in [0.25, 0.3) is 10.8 Å². The van der Waals surface area contributed by atoms with Crippen LogP contribution in [-0.2, 0) is 6.61 Å². The first-order chi connectivity index (χ1) is 10.6. The van der Waals surface area contributed by atoms with Crippen LogP contribution < -0.4 is 10.5 Å². The molecular formula is C18H14INO2. The first-order valence-electron chi connectivity index (χ1n) is 6.83. The van der Waals surface area contributed by atoms with Gasteiger partial charge >= 0.3 is 0 Å². The highest BCUT2D eigenvalue weighted by atomic mass is 127. The van der Waals surface area contributed by atoms with Crippen LogP contribution in [0.5, 0.6) is 5.75 Å². The van der Waals surface area contributed by atoms with Gasteiger partial charge in [-0.25, -0.2) is 0 Å². The van der Waals surface area contributed by atoms with E-state index in [1.807, 2.05) is 24.3 Å². The molecule has 0 heterocycles. The standard InChI is InChI=1S/C18H14INO2/c19-15-7-8-17(16(10-15)18(20)21)22-11-12-5-6-13-3-1-2-4-14(13)9-12/h1-10H,11H2,(H2,20,21). The van der Waals surface area contributed by atoms with Gasteiger partial charge < -0.3 is 10.5 Å². The summed E-state index contributed by atoms with van der Waals surface area (Å²) in [6.07, 6.45) is 0. The molecule has 0 fully saturated rings. The van der Waals surface area contributed by atoms with Crippen molar-refractivity contribution in [2.45, 2.75) is 6.61 Å². The van der Waals surface area contributed by atoms with Gasteiger partial charge in [-0.05, 0) is 63.2 Å². The van der Waals surface area contributed by atoms with Gasteiger partial charge in [-0.2, -0.15) is 0 Å². The third-order valence-electron chi connectivity index (χ3n) is 3.42. The van der Waals surface area contributed by atoms with Crippen LogP contribution in [0.15, 0.2) is 60.7 Å². The zero-order valence-electron chi connectivity index (χ0n) is 11.8.